The summed E-state index contributed by atoms with van der Waals surface area (Å²) in [5.41, 5.74) is 9.76. The number of hydrogen-bond acceptors (Lipinski definition) is 7. The molecule has 0 bridgehead atoms. The van der Waals surface area contributed by atoms with Gasteiger partial charge in [-0.1, -0.05) is 48.6 Å². The lowest BCUT2D eigenvalue weighted by atomic mass is 10.1. The summed E-state index contributed by atoms with van der Waals surface area (Å²) in [4.78, 5) is 21.1. The molecule has 4 N–H and O–H groups in total. The van der Waals surface area contributed by atoms with Crippen LogP contribution < -0.4 is 15.8 Å². The molecule has 2 aromatic carbocycles. The Bertz CT molecular complexity index is 1380. The number of methoxy groups -OCH3 is 1. The van der Waals surface area contributed by atoms with Crippen molar-refractivity contribution in [1.29, 1.82) is 0 Å². The number of rotatable bonds is 6. The summed E-state index contributed by atoms with van der Waals surface area (Å²) in [7, 11) is 1.54. The van der Waals surface area contributed by atoms with Crippen LogP contribution in [0.25, 0.3) is 22.3 Å². The Balaban J connectivity index is 1.39. The van der Waals surface area contributed by atoms with Gasteiger partial charge in [0.15, 0.2) is 5.65 Å². The van der Waals surface area contributed by atoms with E-state index in [1.54, 1.807) is 36.1 Å². The maximum atomic E-state index is 12.6. The molecule has 2 atom stereocenters. The quantitative estimate of drug-likeness (QED) is 0.381. The van der Waals surface area contributed by atoms with Crippen LogP contribution in [0.15, 0.2) is 67.0 Å². The Morgan fingerprint density at radius 3 is 2.71 bits per heavy atom. The number of allylic oxidation sites excluding steroid dienone is 1. The predicted octanol–water partition coefficient (Wildman–Crippen LogP) is 2.88. The highest BCUT2D eigenvalue weighted by atomic mass is 16.5. The average Bonchev–Trinajstić information content (AvgIpc) is 3.47. The number of nitrogens with one attached hydrogen (secondary N) is 1. The molecule has 2 unspecified atom stereocenters. The summed E-state index contributed by atoms with van der Waals surface area (Å²) in [6.07, 6.45) is 5.13. The summed E-state index contributed by atoms with van der Waals surface area (Å²) in [5, 5.41) is 18.3. The molecule has 4 aromatic rings. The minimum absolute atomic E-state index is 0.106. The van der Waals surface area contributed by atoms with Crippen molar-refractivity contribution in [3.05, 3.63) is 78.1 Å². The second-order valence-corrected chi connectivity index (χ2v) is 8.09. The summed E-state index contributed by atoms with van der Waals surface area (Å²) in [6, 6.07) is 14.7. The second kappa shape index (κ2) is 8.95. The van der Waals surface area contributed by atoms with Crippen LogP contribution in [0.2, 0.25) is 0 Å². The smallest absolute Gasteiger partial charge is 0.255 e. The maximum absolute atomic E-state index is 12.6. The normalized spacial score (nSPS) is 17.2. The minimum Gasteiger partial charge on any atom is -0.496 e. The van der Waals surface area contributed by atoms with E-state index in [0.717, 1.165) is 11.1 Å². The molecule has 9 heteroatoms. The van der Waals surface area contributed by atoms with Gasteiger partial charge in [0.05, 0.1) is 30.2 Å². The number of nitrogens with zero attached hydrogens (tertiary/aromatic N) is 4. The molecule has 0 radical (unpaired) electrons. The zero-order chi connectivity index (χ0) is 23.7. The lowest BCUT2D eigenvalue weighted by Crippen LogP contribution is -2.23. The number of para-hydroxylation sites is 1. The van der Waals surface area contributed by atoms with E-state index in [0.29, 0.717) is 46.8 Å². The minimum atomic E-state index is -0.503. The van der Waals surface area contributed by atoms with E-state index < -0.39 is 6.10 Å². The topological polar surface area (TPSA) is 128 Å². The number of nitrogen functional groups attached to an aromatic ring is 1. The number of fused-ring (bicyclic) bond motifs is 1. The van der Waals surface area contributed by atoms with Crippen molar-refractivity contribution in [1.82, 2.24) is 25.1 Å². The fourth-order valence-corrected chi connectivity index (χ4v) is 4.16. The molecule has 5 rings (SSSR count). The number of carbonyl (C=O) groups excluding carboxylic acids is 1. The van der Waals surface area contributed by atoms with Crippen LogP contribution in [0.3, 0.4) is 0 Å². The van der Waals surface area contributed by atoms with Crippen molar-refractivity contribution in [3.8, 4) is 17.0 Å². The number of amides is 1. The van der Waals surface area contributed by atoms with Gasteiger partial charge in [0.1, 0.15) is 23.6 Å². The van der Waals surface area contributed by atoms with Gasteiger partial charge in [-0.15, -0.1) is 0 Å². The van der Waals surface area contributed by atoms with Gasteiger partial charge >= 0.3 is 0 Å². The standard InChI is InChI=1S/C25H24N6O3/c1-34-20-5-3-2-4-19(20)25(33)27-13-15-6-8-16(9-7-15)22-21-23(26)28-14-29-24(21)31(30-22)17-10-11-18(32)12-17/h2-11,14,17-18,32H,12-13H2,1H3,(H,27,33)(H2,26,28,29). The van der Waals surface area contributed by atoms with E-state index in [1.807, 2.05) is 36.4 Å². The number of aromatic nitrogens is 4. The van der Waals surface area contributed by atoms with Crippen LogP contribution in [0.1, 0.15) is 28.4 Å². The number of nitrogens with two attached hydrogens (primary N) is 1. The molecule has 0 fully saturated rings. The monoisotopic (exact) mass is 456 g/mol. The van der Waals surface area contributed by atoms with E-state index >= 15 is 0 Å². The van der Waals surface area contributed by atoms with Crippen molar-refractivity contribution in [2.45, 2.75) is 25.1 Å². The summed E-state index contributed by atoms with van der Waals surface area (Å²) < 4.78 is 7.05. The van der Waals surface area contributed by atoms with Gasteiger partial charge in [-0.25, -0.2) is 14.6 Å². The highest BCUT2D eigenvalue weighted by Gasteiger charge is 2.25. The van der Waals surface area contributed by atoms with E-state index in [-0.39, 0.29) is 11.9 Å². The van der Waals surface area contributed by atoms with Crippen LogP contribution in [-0.2, 0) is 6.54 Å². The zero-order valence-electron chi connectivity index (χ0n) is 18.5. The molecule has 34 heavy (non-hydrogen) atoms. The fraction of sp³-hybridized carbons (Fsp3) is 0.200. The third kappa shape index (κ3) is 3.97. The first-order valence-electron chi connectivity index (χ1n) is 10.9. The molecule has 1 aliphatic carbocycles. The summed E-state index contributed by atoms with van der Waals surface area (Å²) in [6.45, 7) is 0.363. The maximum Gasteiger partial charge on any atom is 0.255 e. The van der Waals surface area contributed by atoms with Crippen LogP contribution in [0.5, 0.6) is 5.75 Å². The third-order valence-electron chi connectivity index (χ3n) is 5.90. The molecular weight excluding hydrogens is 432 g/mol. The average molecular weight is 457 g/mol. The Morgan fingerprint density at radius 1 is 1.18 bits per heavy atom. The largest absolute Gasteiger partial charge is 0.496 e. The third-order valence-corrected chi connectivity index (χ3v) is 5.90. The lowest BCUT2D eigenvalue weighted by Gasteiger charge is -2.10. The summed E-state index contributed by atoms with van der Waals surface area (Å²) in [5.74, 6) is 0.673. The highest BCUT2D eigenvalue weighted by molar-refractivity contribution is 5.98. The Labute approximate surface area is 195 Å². The van der Waals surface area contributed by atoms with E-state index in [4.69, 9.17) is 15.6 Å². The number of aliphatic hydroxyl groups excluding tert-OH is 1. The van der Waals surface area contributed by atoms with Crippen LogP contribution in [0, 0.1) is 0 Å². The van der Waals surface area contributed by atoms with Gasteiger partial charge in [-0.3, -0.25) is 4.79 Å². The molecular formula is C25H24N6O3. The first-order chi connectivity index (χ1) is 16.5. The zero-order valence-corrected chi connectivity index (χ0v) is 18.5. The van der Waals surface area contributed by atoms with Crippen LogP contribution in [0.4, 0.5) is 5.82 Å². The van der Waals surface area contributed by atoms with E-state index in [1.165, 1.54) is 6.33 Å². The molecule has 0 saturated carbocycles. The number of benzene rings is 2. The first-order valence-corrected chi connectivity index (χ1v) is 10.9. The number of carbonyl (C=O) groups is 1. The van der Waals surface area contributed by atoms with Crippen molar-refractivity contribution in [2.75, 3.05) is 12.8 Å². The number of hydrogen-bond donors (Lipinski definition) is 3. The molecule has 2 aromatic heterocycles. The van der Waals surface area contributed by atoms with E-state index in [9.17, 15) is 9.90 Å². The molecule has 9 nitrogen and oxygen atoms in total. The lowest BCUT2D eigenvalue weighted by molar-refractivity contribution is 0.0948. The molecule has 0 spiro atoms. The van der Waals surface area contributed by atoms with Gasteiger partial charge in [0, 0.05) is 18.5 Å². The van der Waals surface area contributed by atoms with Crippen molar-refractivity contribution >= 4 is 22.8 Å². The predicted molar refractivity (Wildman–Crippen MR) is 128 cm³/mol. The van der Waals surface area contributed by atoms with Gasteiger partial charge < -0.3 is 20.9 Å². The molecule has 2 heterocycles. The van der Waals surface area contributed by atoms with Gasteiger partial charge in [0.2, 0.25) is 0 Å². The number of ether oxygens (including phenoxy) is 1. The van der Waals surface area contributed by atoms with Crippen molar-refractivity contribution in [2.24, 2.45) is 0 Å². The Morgan fingerprint density at radius 2 is 1.97 bits per heavy atom. The van der Waals surface area contributed by atoms with Gasteiger partial charge in [-0.05, 0) is 17.7 Å². The molecule has 0 saturated heterocycles. The SMILES string of the molecule is COc1ccccc1C(=O)NCc1ccc(-c2nn(C3C=CC(O)C3)c3ncnc(N)c23)cc1. The van der Waals surface area contributed by atoms with Gasteiger partial charge in [0.25, 0.3) is 5.91 Å². The van der Waals surface area contributed by atoms with Crippen molar-refractivity contribution < 1.29 is 14.6 Å². The van der Waals surface area contributed by atoms with Gasteiger partial charge in [-0.2, -0.15) is 5.10 Å². The highest BCUT2D eigenvalue weighted by Crippen LogP contribution is 2.34. The Hall–Kier alpha value is -4.24. The van der Waals surface area contributed by atoms with Crippen LogP contribution >= 0.6 is 0 Å². The molecule has 0 aliphatic heterocycles. The first kappa shape index (κ1) is 21.6. The molecule has 172 valence electrons. The molecule has 1 amide bonds. The second-order valence-electron chi connectivity index (χ2n) is 8.09. The summed E-state index contributed by atoms with van der Waals surface area (Å²) >= 11 is 0. The fourth-order valence-electron chi connectivity index (χ4n) is 4.16. The van der Waals surface area contributed by atoms with Crippen LogP contribution in [-0.4, -0.2) is 44.0 Å². The molecule has 1 aliphatic rings. The number of aliphatic hydroxyl groups is 1. The van der Waals surface area contributed by atoms with Crippen molar-refractivity contribution in [3.63, 3.8) is 0 Å². The Kier molecular flexibility index (Phi) is 5.69. The van der Waals surface area contributed by atoms with E-state index in [2.05, 4.69) is 15.3 Å². The number of anilines is 1.